The van der Waals surface area contributed by atoms with Gasteiger partial charge in [-0.2, -0.15) is 0 Å². The van der Waals surface area contributed by atoms with E-state index in [0.717, 1.165) is 10.5 Å². The second kappa shape index (κ2) is 5.84. The van der Waals surface area contributed by atoms with Crippen LogP contribution < -0.4 is 0 Å². The number of aliphatic hydroxyl groups is 2. The first-order valence-electron chi connectivity index (χ1n) is 6.02. The molecule has 0 unspecified atom stereocenters. The van der Waals surface area contributed by atoms with Crippen molar-refractivity contribution >= 4 is 6.09 Å². The molecule has 1 aliphatic heterocycles. The molecule has 1 heterocycles. The van der Waals surface area contributed by atoms with E-state index in [4.69, 9.17) is 4.74 Å². The highest BCUT2D eigenvalue weighted by Gasteiger charge is 2.32. The summed E-state index contributed by atoms with van der Waals surface area (Å²) in [4.78, 5) is 12.9. The maximum absolute atomic E-state index is 11.8. The van der Waals surface area contributed by atoms with Crippen molar-refractivity contribution in [3.05, 3.63) is 35.9 Å². The standard InChI is InChI=1S/C13H17NO4/c15-11-7-4-8-14(12(11)16)13(17)18-9-10-5-2-1-3-6-10/h1-3,5-6,11-12,15-16H,4,7-9H2/t11-,12-/m0/s1. The van der Waals surface area contributed by atoms with Gasteiger partial charge in [0.1, 0.15) is 6.61 Å². The Morgan fingerprint density at radius 1 is 1.33 bits per heavy atom. The van der Waals surface area contributed by atoms with Crippen LogP contribution in [0.25, 0.3) is 0 Å². The third-order valence-corrected chi connectivity index (χ3v) is 3.00. The molecule has 18 heavy (non-hydrogen) atoms. The van der Waals surface area contributed by atoms with Gasteiger partial charge in [-0.1, -0.05) is 30.3 Å². The van der Waals surface area contributed by atoms with Gasteiger partial charge >= 0.3 is 6.09 Å². The van der Waals surface area contributed by atoms with Crippen molar-refractivity contribution in [2.45, 2.75) is 31.8 Å². The van der Waals surface area contributed by atoms with Gasteiger partial charge in [0.25, 0.3) is 0 Å². The van der Waals surface area contributed by atoms with Crippen LogP contribution in [0.1, 0.15) is 18.4 Å². The molecule has 0 aliphatic carbocycles. The molecule has 2 N–H and O–H groups in total. The molecule has 98 valence electrons. The number of aliphatic hydroxyl groups excluding tert-OH is 2. The topological polar surface area (TPSA) is 70.0 Å². The lowest BCUT2D eigenvalue weighted by Gasteiger charge is -2.34. The monoisotopic (exact) mass is 251 g/mol. The zero-order valence-electron chi connectivity index (χ0n) is 10.0. The maximum Gasteiger partial charge on any atom is 0.412 e. The van der Waals surface area contributed by atoms with E-state index < -0.39 is 18.4 Å². The Hall–Kier alpha value is -1.59. The molecule has 1 aromatic rings. The average molecular weight is 251 g/mol. The van der Waals surface area contributed by atoms with Crippen LogP contribution in [-0.2, 0) is 11.3 Å². The number of hydrogen-bond donors (Lipinski definition) is 2. The van der Waals surface area contributed by atoms with E-state index in [1.807, 2.05) is 30.3 Å². The number of likely N-dealkylation sites (tertiary alicyclic amines) is 1. The van der Waals surface area contributed by atoms with Gasteiger partial charge in [-0.25, -0.2) is 4.79 Å². The zero-order valence-corrected chi connectivity index (χ0v) is 10.0. The summed E-state index contributed by atoms with van der Waals surface area (Å²) >= 11 is 0. The van der Waals surface area contributed by atoms with E-state index in [9.17, 15) is 15.0 Å². The number of ether oxygens (including phenoxy) is 1. The van der Waals surface area contributed by atoms with Crippen LogP contribution in [0.15, 0.2) is 30.3 Å². The molecule has 1 amide bonds. The fraction of sp³-hybridized carbons (Fsp3) is 0.462. The Balaban J connectivity index is 1.88. The molecule has 0 spiro atoms. The van der Waals surface area contributed by atoms with Crippen molar-refractivity contribution in [3.63, 3.8) is 0 Å². The third kappa shape index (κ3) is 3.00. The first kappa shape index (κ1) is 12.9. The van der Waals surface area contributed by atoms with Crippen LogP contribution >= 0.6 is 0 Å². The predicted octanol–water partition coefficient (Wildman–Crippen LogP) is 1.10. The molecular weight excluding hydrogens is 234 g/mol. The minimum atomic E-state index is -1.16. The summed E-state index contributed by atoms with van der Waals surface area (Å²) in [6, 6.07) is 9.32. The number of carbonyl (C=O) groups is 1. The number of piperidine rings is 1. The van der Waals surface area contributed by atoms with Gasteiger partial charge in [0.05, 0.1) is 6.10 Å². The van der Waals surface area contributed by atoms with E-state index in [1.54, 1.807) is 0 Å². The fourth-order valence-corrected chi connectivity index (χ4v) is 1.96. The molecule has 5 nitrogen and oxygen atoms in total. The SMILES string of the molecule is O=C(OCc1ccccc1)N1CCC[C@H](O)[C@@H]1O. The van der Waals surface area contributed by atoms with Crippen LogP contribution in [0.3, 0.4) is 0 Å². The van der Waals surface area contributed by atoms with Crippen LogP contribution in [0, 0.1) is 0 Å². The van der Waals surface area contributed by atoms with Gasteiger partial charge in [0.15, 0.2) is 6.23 Å². The van der Waals surface area contributed by atoms with Crippen molar-refractivity contribution in [2.75, 3.05) is 6.54 Å². The number of amides is 1. The van der Waals surface area contributed by atoms with Crippen molar-refractivity contribution in [1.29, 1.82) is 0 Å². The fourth-order valence-electron chi connectivity index (χ4n) is 1.96. The second-order valence-electron chi connectivity index (χ2n) is 4.36. The van der Waals surface area contributed by atoms with Gasteiger partial charge in [0, 0.05) is 6.54 Å². The molecule has 0 radical (unpaired) electrons. The molecule has 2 atom stereocenters. The molecule has 0 aromatic heterocycles. The van der Waals surface area contributed by atoms with E-state index in [0.29, 0.717) is 19.4 Å². The molecule has 2 rings (SSSR count). The number of benzene rings is 1. The maximum atomic E-state index is 11.8. The van der Waals surface area contributed by atoms with Crippen LogP contribution in [0.4, 0.5) is 4.79 Å². The van der Waals surface area contributed by atoms with Crippen molar-refractivity contribution < 1.29 is 19.7 Å². The largest absolute Gasteiger partial charge is 0.444 e. The van der Waals surface area contributed by atoms with E-state index in [2.05, 4.69) is 0 Å². The summed E-state index contributed by atoms with van der Waals surface area (Å²) in [5.41, 5.74) is 0.887. The average Bonchev–Trinajstić information content (AvgIpc) is 2.40. The summed E-state index contributed by atoms with van der Waals surface area (Å²) in [6.45, 7) is 0.574. The summed E-state index contributed by atoms with van der Waals surface area (Å²) in [6.07, 6.45) is -1.47. The second-order valence-corrected chi connectivity index (χ2v) is 4.36. The van der Waals surface area contributed by atoms with Gasteiger partial charge < -0.3 is 14.9 Å². The first-order valence-corrected chi connectivity index (χ1v) is 6.02. The highest BCUT2D eigenvalue weighted by Crippen LogP contribution is 2.17. The normalized spacial score (nSPS) is 23.8. The molecule has 1 aliphatic rings. The third-order valence-electron chi connectivity index (χ3n) is 3.00. The number of carbonyl (C=O) groups excluding carboxylic acids is 1. The van der Waals surface area contributed by atoms with Crippen molar-refractivity contribution in [3.8, 4) is 0 Å². The minimum absolute atomic E-state index is 0.166. The van der Waals surface area contributed by atoms with Crippen LogP contribution in [0.2, 0.25) is 0 Å². The smallest absolute Gasteiger partial charge is 0.412 e. The quantitative estimate of drug-likeness (QED) is 0.825. The Labute approximate surface area is 106 Å². The lowest BCUT2D eigenvalue weighted by Crippen LogP contribution is -2.51. The Kier molecular flexibility index (Phi) is 4.17. The Bertz CT molecular complexity index is 395. The van der Waals surface area contributed by atoms with E-state index >= 15 is 0 Å². The predicted molar refractivity (Wildman–Crippen MR) is 64.6 cm³/mol. The number of rotatable bonds is 2. The molecular formula is C13H17NO4. The lowest BCUT2D eigenvalue weighted by atomic mass is 10.1. The van der Waals surface area contributed by atoms with E-state index in [1.165, 1.54) is 0 Å². The van der Waals surface area contributed by atoms with Gasteiger partial charge in [0.2, 0.25) is 0 Å². The highest BCUT2D eigenvalue weighted by atomic mass is 16.6. The van der Waals surface area contributed by atoms with Gasteiger partial charge in [-0.15, -0.1) is 0 Å². The summed E-state index contributed by atoms with van der Waals surface area (Å²) in [7, 11) is 0. The molecule has 1 aromatic carbocycles. The molecule has 1 saturated heterocycles. The Morgan fingerprint density at radius 2 is 2.06 bits per heavy atom. The van der Waals surface area contributed by atoms with Crippen molar-refractivity contribution in [2.24, 2.45) is 0 Å². The molecule has 1 fully saturated rings. The lowest BCUT2D eigenvalue weighted by molar-refractivity contribution is -0.0982. The zero-order chi connectivity index (χ0) is 13.0. The molecule has 0 saturated carbocycles. The van der Waals surface area contributed by atoms with Gasteiger partial charge in [-0.3, -0.25) is 4.90 Å². The number of nitrogens with zero attached hydrogens (tertiary/aromatic N) is 1. The van der Waals surface area contributed by atoms with Crippen LogP contribution in [-0.4, -0.2) is 40.1 Å². The summed E-state index contributed by atoms with van der Waals surface area (Å²) < 4.78 is 5.10. The van der Waals surface area contributed by atoms with Gasteiger partial charge in [-0.05, 0) is 18.4 Å². The molecule has 5 heteroatoms. The Morgan fingerprint density at radius 3 is 2.78 bits per heavy atom. The summed E-state index contributed by atoms with van der Waals surface area (Å²) in [5, 5.41) is 19.2. The van der Waals surface area contributed by atoms with Crippen molar-refractivity contribution in [1.82, 2.24) is 4.90 Å². The summed E-state index contributed by atoms with van der Waals surface area (Å²) in [5.74, 6) is 0. The highest BCUT2D eigenvalue weighted by molar-refractivity contribution is 5.68. The van der Waals surface area contributed by atoms with Crippen LogP contribution in [0.5, 0.6) is 0 Å². The van der Waals surface area contributed by atoms with E-state index in [-0.39, 0.29) is 6.61 Å². The minimum Gasteiger partial charge on any atom is -0.444 e. The first-order chi connectivity index (χ1) is 8.68. The molecule has 0 bridgehead atoms. The number of hydrogen-bond acceptors (Lipinski definition) is 4.